The fourth-order valence-corrected chi connectivity index (χ4v) is 5.62. The van der Waals surface area contributed by atoms with Crippen molar-refractivity contribution < 1.29 is 13.9 Å². The first-order chi connectivity index (χ1) is 12.6. The molecule has 2 saturated carbocycles. The van der Waals surface area contributed by atoms with Crippen LogP contribution in [-0.2, 0) is 11.8 Å². The standard InChI is InChI=1S/C21H25FN2O2/c1-24-16-7-6-14(22)10-13(16)11-17(24)21(25)23-19-15-8-9-26-20(15)18(19)12-4-2-3-5-12/h6-7,10-12,15,18-20H,2-5,8-9H2,1H3,(H,23,25)/t15-,18+,19+,20-/m0/s1. The summed E-state index contributed by atoms with van der Waals surface area (Å²) >= 11 is 0. The minimum atomic E-state index is -0.277. The van der Waals surface area contributed by atoms with Crippen molar-refractivity contribution in [3.63, 3.8) is 0 Å². The van der Waals surface area contributed by atoms with Crippen molar-refractivity contribution in [2.24, 2.45) is 24.8 Å². The monoisotopic (exact) mass is 356 g/mol. The number of nitrogens with one attached hydrogen (secondary N) is 1. The highest BCUT2D eigenvalue weighted by atomic mass is 19.1. The lowest BCUT2D eigenvalue weighted by molar-refractivity contribution is -0.0785. The Kier molecular flexibility index (Phi) is 3.82. The molecule has 0 spiro atoms. The van der Waals surface area contributed by atoms with Crippen molar-refractivity contribution in [2.75, 3.05) is 6.61 Å². The summed E-state index contributed by atoms with van der Waals surface area (Å²) in [5.41, 5.74) is 1.47. The van der Waals surface area contributed by atoms with Crippen molar-refractivity contribution in [1.29, 1.82) is 0 Å². The predicted molar refractivity (Wildman–Crippen MR) is 97.4 cm³/mol. The van der Waals surface area contributed by atoms with Crippen LogP contribution in [-0.4, -0.2) is 29.2 Å². The Labute approximate surface area is 152 Å². The maximum absolute atomic E-state index is 13.5. The van der Waals surface area contributed by atoms with E-state index in [0.29, 0.717) is 29.6 Å². The number of hydrogen-bond donors (Lipinski definition) is 1. The van der Waals surface area contributed by atoms with Gasteiger partial charge in [-0.25, -0.2) is 4.39 Å². The number of benzene rings is 1. The first kappa shape index (κ1) is 16.3. The summed E-state index contributed by atoms with van der Waals surface area (Å²) in [5, 5.41) is 4.08. The van der Waals surface area contributed by atoms with E-state index in [2.05, 4.69) is 5.32 Å². The highest BCUT2D eigenvalue weighted by Gasteiger charge is 2.57. The van der Waals surface area contributed by atoms with Crippen LogP contribution in [0.5, 0.6) is 0 Å². The van der Waals surface area contributed by atoms with Gasteiger partial charge in [0.15, 0.2) is 0 Å². The van der Waals surface area contributed by atoms with Crippen LogP contribution in [0.1, 0.15) is 42.6 Å². The van der Waals surface area contributed by atoms with Gasteiger partial charge in [0.05, 0.1) is 6.10 Å². The van der Waals surface area contributed by atoms with Crippen LogP contribution in [0, 0.1) is 23.6 Å². The third kappa shape index (κ3) is 2.40. The lowest BCUT2D eigenvalue weighted by atomic mass is 9.61. The number of nitrogens with zero attached hydrogens (tertiary/aromatic N) is 1. The number of carbonyl (C=O) groups excluding carboxylic acids is 1. The molecule has 1 saturated heterocycles. The molecule has 3 aliphatic rings. The van der Waals surface area contributed by atoms with E-state index in [1.54, 1.807) is 12.1 Å². The van der Waals surface area contributed by atoms with E-state index in [0.717, 1.165) is 23.9 Å². The normalized spacial score (nSPS) is 31.2. The maximum atomic E-state index is 13.5. The zero-order chi connectivity index (χ0) is 17.8. The lowest BCUT2D eigenvalue weighted by Crippen LogP contribution is -2.63. The topological polar surface area (TPSA) is 43.3 Å². The summed E-state index contributed by atoms with van der Waals surface area (Å²) in [6.07, 6.45) is 6.50. The molecule has 4 nitrogen and oxygen atoms in total. The first-order valence-corrected chi connectivity index (χ1v) is 9.81. The zero-order valence-corrected chi connectivity index (χ0v) is 15.1. The molecule has 138 valence electrons. The molecule has 0 radical (unpaired) electrons. The van der Waals surface area contributed by atoms with Gasteiger partial charge in [-0.05, 0) is 36.6 Å². The van der Waals surface area contributed by atoms with Gasteiger partial charge in [0.25, 0.3) is 5.91 Å². The Morgan fingerprint density at radius 2 is 2.04 bits per heavy atom. The predicted octanol–water partition coefficient (Wildman–Crippen LogP) is 3.64. The second-order valence-electron chi connectivity index (χ2n) is 8.20. The lowest BCUT2D eigenvalue weighted by Gasteiger charge is -2.50. The summed E-state index contributed by atoms with van der Waals surface area (Å²) in [4.78, 5) is 13.0. The van der Waals surface area contributed by atoms with Gasteiger partial charge in [0.2, 0.25) is 0 Å². The van der Waals surface area contributed by atoms with Crippen LogP contribution in [0.2, 0.25) is 0 Å². The number of hydrogen-bond acceptors (Lipinski definition) is 2. The molecule has 5 heteroatoms. The Morgan fingerprint density at radius 3 is 2.85 bits per heavy atom. The molecule has 2 heterocycles. The first-order valence-electron chi connectivity index (χ1n) is 9.81. The molecule has 1 aromatic heterocycles. The fourth-order valence-electron chi connectivity index (χ4n) is 5.62. The molecule has 1 aliphatic heterocycles. The van der Waals surface area contributed by atoms with Crippen molar-refractivity contribution in [3.8, 4) is 0 Å². The molecule has 3 fully saturated rings. The highest BCUT2D eigenvalue weighted by Crippen LogP contribution is 2.51. The van der Waals surface area contributed by atoms with Gasteiger partial charge in [-0.2, -0.15) is 0 Å². The molecular formula is C21H25FN2O2. The minimum absolute atomic E-state index is 0.0533. The molecule has 0 bridgehead atoms. The second-order valence-corrected chi connectivity index (χ2v) is 8.20. The van der Waals surface area contributed by atoms with E-state index >= 15 is 0 Å². The number of amides is 1. The molecule has 26 heavy (non-hydrogen) atoms. The Balaban J connectivity index is 1.40. The molecule has 1 aromatic carbocycles. The number of aryl methyl sites for hydroxylation is 1. The average Bonchev–Trinajstić information content (AvgIpc) is 3.33. The smallest absolute Gasteiger partial charge is 0.268 e. The summed E-state index contributed by atoms with van der Waals surface area (Å²) in [6.45, 7) is 0.818. The zero-order valence-electron chi connectivity index (χ0n) is 15.1. The largest absolute Gasteiger partial charge is 0.377 e. The summed E-state index contributed by atoms with van der Waals surface area (Å²) in [6, 6.07) is 6.66. The van der Waals surface area contributed by atoms with Crippen LogP contribution in [0.25, 0.3) is 10.9 Å². The number of ether oxygens (including phenoxy) is 1. The Morgan fingerprint density at radius 1 is 1.23 bits per heavy atom. The van der Waals surface area contributed by atoms with Gasteiger partial charge >= 0.3 is 0 Å². The molecule has 0 unspecified atom stereocenters. The maximum Gasteiger partial charge on any atom is 0.268 e. The van der Waals surface area contributed by atoms with E-state index in [4.69, 9.17) is 4.74 Å². The van der Waals surface area contributed by atoms with Crippen molar-refractivity contribution in [2.45, 2.75) is 44.2 Å². The number of fused-ring (bicyclic) bond motifs is 2. The number of halogens is 1. The summed E-state index contributed by atoms with van der Waals surface area (Å²) in [5.74, 6) is 1.27. The molecule has 2 aromatic rings. The Hall–Kier alpha value is -1.88. The van der Waals surface area contributed by atoms with E-state index < -0.39 is 0 Å². The SMILES string of the molecule is Cn1c(C(=O)N[C@@H]2[C@@H]3CCO[C@@H]3[C@@H]2C2CCCC2)cc2cc(F)ccc21. The van der Waals surface area contributed by atoms with E-state index in [-0.39, 0.29) is 17.8 Å². The van der Waals surface area contributed by atoms with Crippen LogP contribution < -0.4 is 5.32 Å². The van der Waals surface area contributed by atoms with Gasteiger partial charge in [0, 0.05) is 42.4 Å². The molecule has 2 aliphatic carbocycles. The number of carbonyl (C=O) groups is 1. The van der Waals surface area contributed by atoms with Gasteiger partial charge in [-0.15, -0.1) is 0 Å². The Bertz CT molecular complexity index is 850. The van der Waals surface area contributed by atoms with Gasteiger partial charge in [-0.1, -0.05) is 25.7 Å². The van der Waals surface area contributed by atoms with Gasteiger partial charge in [-0.3, -0.25) is 4.79 Å². The van der Waals surface area contributed by atoms with E-state index in [1.807, 2.05) is 11.6 Å². The van der Waals surface area contributed by atoms with Crippen LogP contribution in [0.4, 0.5) is 4.39 Å². The van der Waals surface area contributed by atoms with Crippen LogP contribution >= 0.6 is 0 Å². The second kappa shape index (κ2) is 6.08. The van der Waals surface area contributed by atoms with Gasteiger partial charge < -0.3 is 14.6 Å². The fraction of sp³-hybridized carbons (Fsp3) is 0.571. The van der Waals surface area contributed by atoms with E-state index in [9.17, 15) is 9.18 Å². The molecule has 4 atom stereocenters. The van der Waals surface area contributed by atoms with E-state index in [1.165, 1.54) is 37.8 Å². The third-order valence-electron chi connectivity index (χ3n) is 6.92. The molecule has 1 N–H and O–H groups in total. The van der Waals surface area contributed by atoms with Gasteiger partial charge in [0.1, 0.15) is 11.5 Å². The quantitative estimate of drug-likeness (QED) is 0.912. The summed E-state index contributed by atoms with van der Waals surface area (Å²) < 4.78 is 21.3. The average molecular weight is 356 g/mol. The van der Waals surface area contributed by atoms with Crippen molar-refractivity contribution in [1.82, 2.24) is 9.88 Å². The number of rotatable bonds is 3. The summed E-state index contributed by atoms with van der Waals surface area (Å²) in [7, 11) is 1.87. The number of aromatic nitrogens is 1. The van der Waals surface area contributed by atoms with Crippen LogP contribution in [0.3, 0.4) is 0 Å². The minimum Gasteiger partial charge on any atom is -0.377 e. The van der Waals surface area contributed by atoms with Crippen molar-refractivity contribution >= 4 is 16.8 Å². The highest BCUT2D eigenvalue weighted by molar-refractivity contribution is 5.99. The van der Waals surface area contributed by atoms with Crippen LogP contribution in [0.15, 0.2) is 24.3 Å². The molecule has 5 rings (SSSR count). The molecule has 1 amide bonds. The third-order valence-corrected chi connectivity index (χ3v) is 6.92. The van der Waals surface area contributed by atoms with Crippen molar-refractivity contribution in [3.05, 3.63) is 35.8 Å². The molecular weight excluding hydrogens is 331 g/mol.